The van der Waals surface area contributed by atoms with E-state index >= 15 is 0 Å². The Labute approximate surface area is 187 Å². The molecule has 0 unspecified atom stereocenters. The van der Waals surface area contributed by atoms with Crippen LogP contribution in [0.1, 0.15) is 25.8 Å². The number of amides is 1. The number of aromatic amines is 1. The van der Waals surface area contributed by atoms with E-state index < -0.39 is 12.1 Å². The van der Waals surface area contributed by atoms with Gasteiger partial charge in [0.05, 0.1) is 6.04 Å². The van der Waals surface area contributed by atoms with Crippen LogP contribution in [0.3, 0.4) is 0 Å². The van der Waals surface area contributed by atoms with Gasteiger partial charge in [0.2, 0.25) is 5.91 Å². The number of fused-ring (bicyclic) bond motifs is 1. The maximum Gasteiger partial charge on any atom is 0.243 e. The Bertz CT molecular complexity index is 1030. The van der Waals surface area contributed by atoms with Crippen LogP contribution in [0.25, 0.3) is 10.9 Å². The van der Waals surface area contributed by atoms with Crippen LogP contribution in [0.5, 0.6) is 0 Å². The first-order chi connectivity index (χ1) is 15.0. The van der Waals surface area contributed by atoms with Gasteiger partial charge in [-0.15, -0.1) is 0 Å². The molecule has 3 aromatic rings. The van der Waals surface area contributed by atoms with Crippen molar-refractivity contribution in [1.29, 1.82) is 0 Å². The Balaban J connectivity index is 1.66. The number of H-pyrrole nitrogens is 1. The molecule has 0 aliphatic carbocycles. The summed E-state index contributed by atoms with van der Waals surface area (Å²) in [7, 11) is 0. The average Bonchev–Trinajstić information content (AvgIpc) is 3.20. The van der Waals surface area contributed by atoms with Gasteiger partial charge in [0.1, 0.15) is 12.3 Å². The van der Waals surface area contributed by atoms with E-state index in [2.05, 4.69) is 20.9 Å². The first-order valence-electron chi connectivity index (χ1n) is 10.4. The van der Waals surface area contributed by atoms with Gasteiger partial charge in [0, 0.05) is 29.2 Å². The number of aldehydes is 1. The molecule has 0 fully saturated rings. The van der Waals surface area contributed by atoms with Crippen LogP contribution < -0.4 is 16.0 Å². The minimum atomic E-state index is -0.629. The molecule has 0 radical (unpaired) electrons. The van der Waals surface area contributed by atoms with Crippen molar-refractivity contribution in [2.45, 2.75) is 38.8 Å². The number of carbonyl (C=O) groups excluding carboxylic acids is 2. The van der Waals surface area contributed by atoms with E-state index in [4.69, 9.17) is 12.2 Å². The maximum atomic E-state index is 13.1. The summed E-state index contributed by atoms with van der Waals surface area (Å²) in [6.07, 6.45) is 3.87. The molecule has 0 saturated carbocycles. The van der Waals surface area contributed by atoms with Crippen molar-refractivity contribution in [1.82, 2.24) is 15.6 Å². The summed E-state index contributed by atoms with van der Waals surface area (Å²) < 4.78 is 0. The highest BCUT2D eigenvalue weighted by atomic mass is 32.1. The molecular weight excluding hydrogens is 408 g/mol. The lowest BCUT2D eigenvalue weighted by Crippen LogP contribution is -2.54. The summed E-state index contributed by atoms with van der Waals surface area (Å²) in [5, 5.41) is 10.5. The quantitative estimate of drug-likeness (QED) is 0.303. The fourth-order valence-electron chi connectivity index (χ4n) is 3.47. The number of hydrogen-bond acceptors (Lipinski definition) is 3. The highest BCUT2D eigenvalue weighted by molar-refractivity contribution is 7.80. The number of aromatic nitrogens is 1. The van der Waals surface area contributed by atoms with Crippen LogP contribution >= 0.6 is 12.2 Å². The number of thiocarbonyl (C=S) groups is 1. The van der Waals surface area contributed by atoms with Crippen molar-refractivity contribution in [2.24, 2.45) is 5.92 Å². The molecule has 162 valence electrons. The van der Waals surface area contributed by atoms with Crippen LogP contribution in [-0.2, 0) is 16.0 Å². The molecule has 6 nitrogen and oxygen atoms in total. The standard InChI is InChI=1S/C24H28N4O2S/c1-3-16(2)22(28-24(31)27-18-9-5-4-6-10-18)23(30)26-19(15-29)13-17-14-25-21-12-8-7-11-20(17)21/h4-12,14-16,19,22,25H,3,13H2,1-2H3,(H,26,30)(H2,27,28,31)/t16-,19+,22+/m1/s1. The molecule has 7 heteroatoms. The zero-order valence-electron chi connectivity index (χ0n) is 17.7. The van der Waals surface area contributed by atoms with Gasteiger partial charge in [-0.05, 0) is 41.9 Å². The first kappa shape index (κ1) is 22.5. The van der Waals surface area contributed by atoms with Crippen LogP contribution in [-0.4, -0.2) is 34.4 Å². The van der Waals surface area contributed by atoms with Crippen molar-refractivity contribution >= 4 is 46.1 Å². The van der Waals surface area contributed by atoms with Crippen molar-refractivity contribution in [3.8, 4) is 0 Å². The minimum absolute atomic E-state index is 0.0240. The maximum absolute atomic E-state index is 13.1. The summed E-state index contributed by atoms with van der Waals surface area (Å²) in [6, 6.07) is 16.2. The number of nitrogens with one attached hydrogen (secondary N) is 4. The largest absolute Gasteiger partial charge is 0.361 e. The molecule has 4 N–H and O–H groups in total. The van der Waals surface area contributed by atoms with Crippen LogP contribution in [0.4, 0.5) is 5.69 Å². The summed E-state index contributed by atoms with van der Waals surface area (Å²) in [6.45, 7) is 4.00. The predicted octanol–water partition coefficient (Wildman–Crippen LogP) is 3.80. The van der Waals surface area contributed by atoms with Crippen LogP contribution in [0, 0.1) is 5.92 Å². The van der Waals surface area contributed by atoms with Gasteiger partial charge in [-0.25, -0.2) is 0 Å². The van der Waals surface area contributed by atoms with E-state index in [9.17, 15) is 9.59 Å². The van der Waals surface area contributed by atoms with Gasteiger partial charge >= 0.3 is 0 Å². The number of para-hydroxylation sites is 2. The molecule has 0 spiro atoms. The second kappa shape index (κ2) is 10.7. The second-order valence-electron chi connectivity index (χ2n) is 7.64. The Kier molecular flexibility index (Phi) is 7.78. The highest BCUT2D eigenvalue weighted by Crippen LogP contribution is 2.19. The normalized spacial score (nSPS) is 13.7. The van der Waals surface area contributed by atoms with Crippen LogP contribution in [0.15, 0.2) is 60.8 Å². The summed E-state index contributed by atoms with van der Waals surface area (Å²) in [4.78, 5) is 28.0. The van der Waals surface area contributed by atoms with Gasteiger partial charge in [-0.2, -0.15) is 0 Å². The zero-order valence-corrected chi connectivity index (χ0v) is 18.5. The molecular formula is C24H28N4O2S. The van der Waals surface area contributed by atoms with Gasteiger partial charge in [-0.1, -0.05) is 56.7 Å². The topological polar surface area (TPSA) is 86.0 Å². The number of rotatable bonds is 9. The number of hydrogen-bond donors (Lipinski definition) is 4. The van der Waals surface area contributed by atoms with Crippen molar-refractivity contribution in [3.05, 3.63) is 66.4 Å². The third-order valence-corrected chi connectivity index (χ3v) is 5.64. The van der Waals surface area contributed by atoms with Gasteiger partial charge in [0.25, 0.3) is 0 Å². The van der Waals surface area contributed by atoms with E-state index in [1.54, 1.807) is 0 Å². The lowest BCUT2D eigenvalue weighted by Gasteiger charge is -2.26. The van der Waals surface area contributed by atoms with E-state index in [1.807, 2.05) is 74.6 Å². The van der Waals surface area contributed by atoms with Crippen molar-refractivity contribution in [3.63, 3.8) is 0 Å². The Morgan fingerprint density at radius 2 is 1.81 bits per heavy atom. The number of carbonyl (C=O) groups is 2. The van der Waals surface area contributed by atoms with Gasteiger partial charge in [-0.3, -0.25) is 4.79 Å². The molecule has 0 bridgehead atoms. The summed E-state index contributed by atoms with van der Waals surface area (Å²) >= 11 is 5.41. The third-order valence-electron chi connectivity index (χ3n) is 5.42. The zero-order chi connectivity index (χ0) is 22.2. The van der Waals surface area contributed by atoms with Crippen molar-refractivity contribution in [2.75, 3.05) is 5.32 Å². The SMILES string of the molecule is CC[C@@H](C)[C@H](NC(=S)Nc1ccccc1)C(=O)N[C@H](C=O)Cc1c[nH]c2ccccc12. The predicted molar refractivity (Wildman–Crippen MR) is 129 cm³/mol. The molecule has 0 aliphatic rings. The molecule has 1 aromatic heterocycles. The molecule has 31 heavy (non-hydrogen) atoms. The molecule has 0 saturated heterocycles. The monoisotopic (exact) mass is 436 g/mol. The molecule has 2 aromatic carbocycles. The lowest BCUT2D eigenvalue weighted by molar-refractivity contribution is -0.126. The smallest absolute Gasteiger partial charge is 0.243 e. The minimum Gasteiger partial charge on any atom is -0.361 e. The van der Waals surface area contributed by atoms with Gasteiger partial charge in [0.15, 0.2) is 5.11 Å². The highest BCUT2D eigenvalue weighted by Gasteiger charge is 2.27. The summed E-state index contributed by atoms with van der Waals surface area (Å²) in [5.74, 6) is -0.223. The van der Waals surface area contributed by atoms with E-state index in [1.165, 1.54) is 0 Å². The van der Waals surface area contributed by atoms with Crippen molar-refractivity contribution < 1.29 is 9.59 Å². The fourth-order valence-corrected chi connectivity index (χ4v) is 3.72. The van der Waals surface area contributed by atoms with E-state index in [-0.39, 0.29) is 11.8 Å². The number of benzene rings is 2. The van der Waals surface area contributed by atoms with E-state index in [0.29, 0.717) is 11.5 Å². The summed E-state index contributed by atoms with van der Waals surface area (Å²) in [5.41, 5.74) is 2.83. The lowest BCUT2D eigenvalue weighted by atomic mass is 9.97. The molecule has 1 heterocycles. The van der Waals surface area contributed by atoms with Gasteiger partial charge < -0.3 is 25.7 Å². The second-order valence-corrected chi connectivity index (χ2v) is 8.05. The molecule has 3 atom stereocenters. The van der Waals surface area contributed by atoms with Crippen LogP contribution in [0.2, 0.25) is 0 Å². The Morgan fingerprint density at radius 3 is 2.52 bits per heavy atom. The molecule has 0 aliphatic heterocycles. The molecule has 3 rings (SSSR count). The first-order valence-corrected chi connectivity index (χ1v) is 10.9. The average molecular weight is 437 g/mol. The fraction of sp³-hybridized carbons (Fsp3) is 0.292. The number of anilines is 1. The Hall–Kier alpha value is -3.19. The third kappa shape index (κ3) is 5.92. The molecule has 1 amide bonds. The van der Waals surface area contributed by atoms with E-state index in [0.717, 1.165) is 34.9 Å². The Morgan fingerprint density at radius 1 is 1.10 bits per heavy atom.